The van der Waals surface area contributed by atoms with Crippen molar-refractivity contribution in [3.05, 3.63) is 59.1 Å². The largest absolute Gasteiger partial charge is 0.478 e. The van der Waals surface area contributed by atoms with Crippen LogP contribution in [0.4, 0.5) is 5.82 Å². The number of carboxylic acid groups (broad SMARTS) is 1. The topological polar surface area (TPSA) is 73.7 Å². The van der Waals surface area contributed by atoms with Crippen LogP contribution in [0.3, 0.4) is 0 Å². The highest BCUT2D eigenvalue weighted by molar-refractivity contribution is 6.31. The van der Waals surface area contributed by atoms with E-state index in [1.807, 2.05) is 30.3 Å². The lowest BCUT2D eigenvalue weighted by atomic mass is 9.95. The molecule has 0 bridgehead atoms. The SMILES string of the molecule is CN(CCO)c1nc2ccc(Cl)cc2c(-c2ccccc2)c1C(=O)O. The van der Waals surface area contributed by atoms with Crippen LogP contribution in [-0.4, -0.2) is 41.4 Å². The minimum atomic E-state index is -1.08. The van der Waals surface area contributed by atoms with Crippen molar-refractivity contribution < 1.29 is 15.0 Å². The second kappa shape index (κ2) is 7.09. The van der Waals surface area contributed by atoms with Crippen LogP contribution in [0.2, 0.25) is 5.02 Å². The van der Waals surface area contributed by atoms with E-state index in [4.69, 9.17) is 11.6 Å². The lowest BCUT2D eigenvalue weighted by Gasteiger charge is -2.22. The first-order chi connectivity index (χ1) is 12.0. The van der Waals surface area contributed by atoms with Gasteiger partial charge in [-0.15, -0.1) is 0 Å². The number of nitrogens with zero attached hydrogens (tertiary/aromatic N) is 2. The predicted molar refractivity (Wildman–Crippen MR) is 99.5 cm³/mol. The maximum atomic E-state index is 12.1. The van der Waals surface area contributed by atoms with Crippen LogP contribution in [0, 0.1) is 0 Å². The van der Waals surface area contributed by atoms with Crippen LogP contribution in [-0.2, 0) is 0 Å². The zero-order valence-electron chi connectivity index (χ0n) is 13.6. The molecule has 5 nitrogen and oxygen atoms in total. The zero-order valence-corrected chi connectivity index (χ0v) is 14.4. The first-order valence-electron chi connectivity index (χ1n) is 7.77. The number of hydrogen-bond acceptors (Lipinski definition) is 4. The van der Waals surface area contributed by atoms with Crippen molar-refractivity contribution in [1.29, 1.82) is 0 Å². The third kappa shape index (κ3) is 3.29. The van der Waals surface area contributed by atoms with Crippen molar-refractivity contribution >= 4 is 34.3 Å². The van der Waals surface area contributed by atoms with Gasteiger partial charge in [-0.1, -0.05) is 41.9 Å². The lowest BCUT2D eigenvalue weighted by Crippen LogP contribution is -2.25. The summed E-state index contributed by atoms with van der Waals surface area (Å²) in [6, 6.07) is 14.5. The van der Waals surface area contributed by atoms with Gasteiger partial charge in [0, 0.05) is 29.6 Å². The van der Waals surface area contributed by atoms with Gasteiger partial charge in [0.05, 0.1) is 12.1 Å². The van der Waals surface area contributed by atoms with Crippen LogP contribution in [0.5, 0.6) is 0 Å². The number of fused-ring (bicyclic) bond motifs is 1. The Kier molecular flexibility index (Phi) is 4.88. The molecule has 0 aliphatic heterocycles. The number of rotatable bonds is 5. The summed E-state index contributed by atoms with van der Waals surface area (Å²) in [6.07, 6.45) is 0. The number of halogens is 1. The molecule has 6 heteroatoms. The molecular weight excluding hydrogens is 340 g/mol. The summed E-state index contributed by atoms with van der Waals surface area (Å²) >= 11 is 6.14. The van der Waals surface area contributed by atoms with E-state index >= 15 is 0 Å². The summed E-state index contributed by atoms with van der Waals surface area (Å²) in [6.45, 7) is 0.178. The Morgan fingerprint density at radius 3 is 2.56 bits per heavy atom. The number of aromatic nitrogens is 1. The van der Waals surface area contributed by atoms with Crippen molar-refractivity contribution in [2.24, 2.45) is 0 Å². The lowest BCUT2D eigenvalue weighted by molar-refractivity contribution is 0.0698. The van der Waals surface area contributed by atoms with E-state index in [2.05, 4.69) is 4.98 Å². The number of pyridine rings is 1. The minimum absolute atomic E-state index is 0.0944. The van der Waals surface area contributed by atoms with E-state index < -0.39 is 5.97 Å². The van der Waals surface area contributed by atoms with Crippen molar-refractivity contribution in [2.45, 2.75) is 0 Å². The molecule has 0 aliphatic carbocycles. The van der Waals surface area contributed by atoms with Crippen LogP contribution in [0.15, 0.2) is 48.5 Å². The standard InChI is InChI=1S/C19H17ClN2O3/c1-22(9-10-23)18-17(19(24)25)16(12-5-3-2-4-6-12)14-11-13(20)7-8-15(14)21-18/h2-8,11,23H,9-10H2,1H3,(H,24,25). The molecule has 128 valence electrons. The third-order valence-electron chi connectivity index (χ3n) is 4.00. The zero-order chi connectivity index (χ0) is 18.0. The quantitative estimate of drug-likeness (QED) is 0.729. The van der Waals surface area contributed by atoms with Gasteiger partial charge in [-0.25, -0.2) is 9.78 Å². The molecular formula is C19H17ClN2O3. The molecule has 1 heterocycles. The minimum Gasteiger partial charge on any atom is -0.478 e. The summed E-state index contributed by atoms with van der Waals surface area (Å²) < 4.78 is 0. The highest BCUT2D eigenvalue weighted by Gasteiger charge is 2.24. The Morgan fingerprint density at radius 2 is 1.92 bits per heavy atom. The average Bonchev–Trinajstić information content (AvgIpc) is 2.61. The van der Waals surface area contributed by atoms with Crippen molar-refractivity contribution in [3.8, 4) is 11.1 Å². The fourth-order valence-electron chi connectivity index (χ4n) is 2.86. The molecule has 0 unspecified atom stereocenters. The molecule has 0 atom stereocenters. The van der Waals surface area contributed by atoms with Crippen molar-refractivity contribution in [2.75, 3.05) is 25.1 Å². The first kappa shape index (κ1) is 17.2. The van der Waals surface area contributed by atoms with E-state index in [0.29, 0.717) is 27.3 Å². The number of likely N-dealkylation sites (N-methyl/N-ethyl adjacent to an activating group) is 1. The number of hydrogen-bond donors (Lipinski definition) is 2. The van der Waals surface area contributed by atoms with Gasteiger partial charge in [-0.3, -0.25) is 0 Å². The molecule has 2 N–H and O–H groups in total. The number of anilines is 1. The molecule has 25 heavy (non-hydrogen) atoms. The fraction of sp³-hybridized carbons (Fsp3) is 0.158. The van der Waals surface area contributed by atoms with Crippen LogP contribution >= 0.6 is 11.6 Å². The van der Waals surface area contributed by atoms with Crippen LogP contribution in [0.1, 0.15) is 10.4 Å². The van der Waals surface area contributed by atoms with E-state index in [9.17, 15) is 15.0 Å². The smallest absolute Gasteiger partial charge is 0.340 e. The number of aliphatic hydroxyl groups is 1. The van der Waals surface area contributed by atoms with Gasteiger partial charge in [0.1, 0.15) is 11.4 Å². The molecule has 1 aromatic heterocycles. The molecule has 2 aromatic carbocycles. The normalized spacial score (nSPS) is 10.8. The Morgan fingerprint density at radius 1 is 1.20 bits per heavy atom. The van der Waals surface area contributed by atoms with Gasteiger partial charge in [-0.2, -0.15) is 0 Å². The second-order valence-electron chi connectivity index (χ2n) is 5.66. The average molecular weight is 357 g/mol. The summed E-state index contributed by atoms with van der Waals surface area (Å²) in [7, 11) is 1.71. The number of aromatic carboxylic acids is 1. The summed E-state index contributed by atoms with van der Waals surface area (Å²) in [5.41, 5.74) is 2.08. The molecule has 0 aliphatic rings. The molecule has 0 saturated carbocycles. The monoisotopic (exact) mass is 356 g/mol. The number of carbonyl (C=O) groups is 1. The van der Waals surface area contributed by atoms with Crippen molar-refractivity contribution in [3.63, 3.8) is 0 Å². The first-order valence-corrected chi connectivity index (χ1v) is 8.14. The Bertz CT molecular complexity index is 929. The predicted octanol–water partition coefficient (Wildman–Crippen LogP) is 3.68. The molecule has 0 saturated heterocycles. The Balaban J connectivity index is 2.44. The fourth-order valence-corrected chi connectivity index (χ4v) is 3.03. The molecule has 0 fully saturated rings. The maximum absolute atomic E-state index is 12.1. The Labute approximate surface area is 150 Å². The van der Waals surface area contributed by atoms with Gasteiger partial charge < -0.3 is 15.1 Å². The summed E-state index contributed by atoms with van der Waals surface area (Å²) in [4.78, 5) is 18.3. The van der Waals surface area contributed by atoms with Gasteiger partial charge in [0.15, 0.2) is 0 Å². The van der Waals surface area contributed by atoms with E-state index in [0.717, 1.165) is 5.56 Å². The van der Waals surface area contributed by atoms with Crippen LogP contribution < -0.4 is 4.90 Å². The second-order valence-corrected chi connectivity index (χ2v) is 6.10. The molecule has 3 rings (SSSR count). The molecule has 0 amide bonds. The molecule has 3 aromatic rings. The maximum Gasteiger partial charge on any atom is 0.340 e. The number of aliphatic hydroxyl groups excluding tert-OH is 1. The van der Waals surface area contributed by atoms with Crippen molar-refractivity contribution in [1.82, 2.24) is 4.98 Å². The Hall–Kier alpha value is -2.63. The van der Waals surface area contributed by atoms with Gasteiger partial charge in [-0.05, 0) is 23.8 Å². The van der Waals surface area contributed by atoms with Gasteiger partial charge in [0.25, 0.3) is 0 Å². The van der Waals surface area contributed by atoms with Gasteiger partial charge >= 0.3 is 5.97 Å². The van der Waals surface area contributed by atoms with E-state index in [1.165, 1.54) is 0 Å². The highest BCUT2D eigenvalue weighted by atomic mass is 35.5. The molecule has 0 radical (unpaired) electrons. The number of benzene rings is 2. The number of carboxylic acids is 1. The highest BCUT2D eigenvalue weighted by Crippen LogP contribution is 2.37. The van der Waals surface area contributed by atoms with Gasteiger partial charge in [0.2, 0.25) is 0 Å². The molecule has 0 spiro atoms. The van der Waals surface area contributed by atoms with E-state index in [1.54, 1.807) is 30.1 Å². The third-order valence-corrected chi connectivity index (χ3v) is 4.24. The van der Waals surface area contributed by atoms with E-state index in [-0.39, 0.29) is 18.7 Å². The van der Waals surface area contributed by atoms with Crippen LogP contribution in [0.25, 0.3) is 22.0 Å². The summed E-state index contributed by atoms with van der Waals surface area (Å²) in [5.74, 6) is -0.761. The summed E-state index contributed by atoms with van der Waals surface area (Å²) in [5, 5.41) is 20.3.